The van der Waals surface area contributed by atoms with Crippen molar-refractivity contribution >= 4 is 0 Å². The summed E-state index contributed by atoms with van der Waals surface area (Å²) in [5.41, 5.74) is 6.59. The molecule has 1 unspecified atom stereocenters. The van der Waals surface area contributed by atoms with E-state index < -0.39 is 0 Å². The van der Waals surface area contributed by atoms with Crippen LogP contribution in [0, 0.1) is 11.3 Å². The zero-order valence-corrected chi connectivity index (χ0v) is 12.1. The first kappa shape index (κ1) is 13.1. The Morgan fingerprint density at radius 2 is 1.95 bits per heavy atom. The largest absolute Gasteiger partial charge is 0.339 e. The van der Waals surface area contributed by atoms with E-state index in [4.69, 9.17) is 10.3 Å². The third kappa shape index (κ3) is 3.16. The van der Waals surface area contributed by atoms with Gasteiger partial charge in [0, 0.05) is 18.4 Å². The maximum absolute atomic E-state index is 6.11. The van der Waals surface area contributed by atoms with Gasteiger partial charge < -0.3 is 10.3 Å². The van der Waals surface area contributed by atoms with Gasteiger partial charge in [-0.05, 0) is 49.9 Å². The molecule has 106 valence electrons. The fourth-order valence-corrected chi connectivity index (χ4v) is 3.07. The molecule has 1 heterocycles. The highest BCUT2D eigenvalue weighted by Gasteiger charge is 2.32. The maximum Gasteiger partial charge on any atom is 0.228 e. The second kappa shape index (κ2) is 4.89. The van der Waals surface area contributed by atoms with Crippen molar-refractivity contribution in [1.82, 2.24) is 10.1 Å². The Bertz CT molecular complexity index is 426. The van der Waals surface area contributed by atoms with Gasteiger partial charge in [-0.25, -0.2) is 0 Å². The number of nitrogens with two attached hydrogens (primary N) is 1. The van der Waals surface area contributed by atoms with Crippen LogP contribution < -0.4 is 5.73 Å². The van der Waals surface area contributed by atoms with Crippen LogP contribution >= 0.6 is 0 Å². The Balaban J connectivity index is 1.58. The lowest BCUT2D eigenvalue weighted by molar-refractivity contribution is 0.218. The molecule has 0 radical (unpaired) electrons. The molecule has 2 aliphatic rings. The van der Waals surface area contributed by atoms with Crippen molar-refractivity contribution in [3.05, 3.63) is 11.7 Å². The van der Waals surface area contributed by atoms with Crippen LogP contribution in [0.25, 0.3) is 0 Å². The van der Waals surface area contributed by atoms with Crippen molar-refractivity contribution in [3.8, 4) is 0 Å². The first-order valence-corrected chi connectivity index (χ1v) is 7.61. The summed E-state index contributed by atoms with van der Waals surface area (Å²) in [6.07, 6.45) is 8.14. The summed E-state index contributed by atoms with van der Waals surface area (Å²) in [5.74, 6) is 2.82. The number of hydrogen-bond donors (Lipinski definition) is 1. The van der Waals surface area contributed by atoms with Crippen LogP contribution in [-0.2, 0) is 6.42 Å². The molecule has 4 heteroatoms. The number of rotatable bonds is 4. The SMILES string of the molecule is CC1(C)CCC(c2noc(CC(N)C3CC3)n2)CC1. The summed E-state index contributed by atoms with van der Waals surface area (Å²) in [4.78, 5) is 4.57. The highest BCUT2D eigenvalue weighted by Crippen LogP contribution is 2.41. The molecule has 19 heavy (non-hydrogen) atoms. The van der Waals surface area contributed by atoms with E-state index in [1.165, 1.54) is 38.5 Å². The van der Waals surface area contributed by atoms with E-state index in [0.29, 0.717) is 17.3 Å². The number of hydrogen-bond acceptors (Lipinski definition) is 4. The molecule has 1 aromatic heterocycles. The summed E-state index contributed by atoms with van der Waals surface area (Å²) < 4.78 is 5.38. The van der Waals surface area contributed by atoms with Gasteiger partial charge in [0.2, 0.25) is 5.89 Å². The minimum atomic E-state index is 0.207. The second-order valence-corrected chi connectivity index (χ2v) is 7.19. The maximum atomic E-state index is 6.11. The normalized spacial score (nSPS) is 25.4. The lowest BCUT2D eigenvalue weighted by Crippen LogP contribution is -2.25. The quantitative estimate of drug-likeness (QED) is 0.906. The van der Waals surface area contributed by atoms with E-state index in [-0.39, 0.29) is 6.04 Å². The molecule has 1 aromatic rings. The van der Waals surface area contributed by atoms with E-state index in [1.807, 2.05) is 0 Å². The Labute approximate surface area is 115 Å². The molecule has 0 amide bonds. The third-order valence-electron chi connectivity index (χ3n) is 4.83. The predicted octanol–water partition coefficient (Wildman–Crippen LogP) is 3.03. The van der Waals surface area contributed by atoms with Crippen molar-refractivity contribution in [1.29, 1.82) is 0 Å². The molecule has 1 atom stereocenters. The molecule has 0 saturated heterocycles. The molecule has 0 aliphatic heterocycles. The van der Waals surface area contributed by atoms with Crippen LogP contribution in [-0.4, -0.2) is 16.2 Å². The zero-order valence-electron chi connectivity index (χ0n) is 12.1. The molecular formula is C15H25N3O. The topological polar surface area (TPSA) is 64.9 Å². The Morgan fingerprint density at radius 3 is 2.58 bits per heavy atom. The van der Waals surface area contributed by atoms with Crippen molar-refractivity contribution in [2.24, 2.45) is 17.1 Å². The van der Waals surface area contributed by atoms with Crippen molar-refractivity contribution in [2.45, 2.75) is 70.8 Å². The first-order valence-electron chi connectivity index (χ1n) is 7.61. The highest BCUT2D eigenvalue weighted by atomic mass is 16.5. The summed E-state index contributed by atoms with van der Waals surface area (Å²) in [7, 11) is 0. The number of aromatic nitrogens is 2. The van der Waals surface area contributed by atoms with Crippen LogP contribution in [0.15, 0.2) is 4.52 Å². The van der Waals surface area contributed by atoms with Crippen LogP contribution in [0.5, 0.6) is 0 Å². The fraction of sp³-hybridized carbons (Fsp3) is 0.867. The summed E-state index contributed by atoms with van der Waals surface area (Å²) in [6, 6.07) is 0.207. The lowest BCUT2D eigenvalue weighted by Gasteiger charge is -2.32. The molecule has 2 N–H and O–H groups in total. The molecule has 0 aromatic carbocycles. The van der Waals surface area contributed by atoms with Gasteiger partial charge in [0.1, 0.15) is 0 Å². The van der Waals surface area contributed by atoms with Crippen LogP contribution in [0.3, 0.4) is 0 Å². The van der Waals surface area contributed by atoms with E-state index in [0.717, 1.165) is 18.1 Å². The smallest absolute Gasteiger partial charge is 0.228 e. The van der Waals surface area contributed by atoms with Crippen LogP contribution in [0.4, 0.5) is 0 Å². The number of nitrogens with zero attached hydrogens (tertiary/aromatic N) is 2. The summed E-state index contributed by atoms with van der Waals surface area (Å²) in [6.45, 7) is 4.69. The molecule has 0 spiro atoms. The van der Waals surface area contributed by atoms with Crippen molar-refractivity contribution in [2.75, 3.05) is 0 Å². The zero-order chi connectivity index (χ0) is 13.5. The predicted molar refractivity (Wildman–Crippen MR) is 73.7 cm³/mol. The van der Waals surface area contributed by atoms with Gasteiger partial charge in [-0.2, -0.15) is 4.98 Å². The van der Waals surface area contributed by atoms with Gasteiger partial charge in [0.15, 0.2) is 5.82 Å². The molecular weight excluding hydrogens is 238 g/mol. The molecule has 2 fully saturated rings. The summed E-state index contributed by atoms with van der Waals surface area (Å²) in [5, 5.41) is 4.18. The second-order valence-electron chi connectivity index (χ2n) is 7.19. The minimum Gasteiger partial charge on any atom is -0.339 e. The molecule has 3 rings (SSSR count). The lowest BCUT2D eigenvalue weighted by atomic mass is 9.73. The highest BCUT2D eigenvalue weighted by molar-refractivity contribution is 5.00. The minimum absolute atomic E-state index is 0.207. The van der Waals surface area contributed by atoms with Crippen molar-refractivity contribution < 1.29 is 4.52 Å². The summed E-state index contributed by atoms with van der Waals surface area (Å²) >= 11 is 0. The van der Waals surface area contributed by atoms with Gasteiger partial charge in [-0.15, -0.1) is 0 Å². The van der Waals surface area contributed by atoms with Crippen LogP contribution in [0.2, 0.25) is 0 Å². The average molecular weight is 263 g/mol. The van der Waals surface area contributed by atoms with Gasteiger partial charge >= 0.3 is 0 Å². The van der Waals surface area contributed by atoms with Gasteiger partial charge in [0.05, 0.1) is 0 Å². The van der Waals surface area contributed by atoms with Gasteiger partial charge in [0.25, 0.3) is 0 Å². The van der Waals surface area contributed by atoms with Crippen molar-refractivity contribution in [3.63, 3.8) is 0 Å². The van der Waals surface area contributed by atoms with E-state index in [9.17, 15) is 0 Å². The van der Waals surface area contributed by atoms with Crippen LogP contribution in [0.1, 0.15) is 70.0 Å². The third-order valence-corrected chi connectivity index (χ3v) is 4.83. The standard InChI is InChI=1S/C15H25N3O/c1-15(2)7-5-11(6-8-15)14-17-13(19-18-14)9-12(16)10-3-4-10/h10-12H,3-9,16H2,1-2H3. The van der Waals surface area contributed by atoms with E-state index in [1.54, 1.807) is 0 Å². The van der Waals surface area contributed by atoms with Gasteiger partial charge in [-0.3, -0.25) is 0 Å². The molecule has 2 saturated carbocycles. The molecule has 4 nitrogen and oxygen atoms in total. The molecule has 0 bridgehead atoms. The average Bonchev–Trinajstić information content (AvgIpc) is 3.11. The molecule has 2 aliphatic carbocycles. The Morgan fingerprint density at radius 1 is 1.26 bits per heavy atom. The van der Waals surface area contributed by atoms with Gasteiger partial charge in [-0.1, -0.05) is 19.0 Å². The first-order chi connectivity index (χ1) is 9.03. The van der Waals surface area contributed by atoms with E-state index in [2.05, 4.69) is 24.0 Å². The Kier molecular flexibility index (Phi) is 3.37. The van der Waals surface area contributed by atoms with E-state index >= 15 is 0 Å². The monoisotopic (exact) mass is 263 g/mol. The fourth-order valence-electron chi connectivity index (χ4n) is 3.07. The Hall–Kier alpha value is -0.900.